The first-order valence-corrected chi connectivity index (χ1v) is 7.29. The van der Waals surface area contributed by atoms with Crippen molar-refractivity contribution in [1.82, 2.24) is 10.2 Å². The van der Waals surface area contributed by atoms with Crippen LogP contribution >= 0.6 is 11.6 Å². The number of aryl methyl sites for hydroxylation is 1. The van der Waals surface area contributed by atoms with Crippen LogP contribution in [0.25, 0.3) is 0 Å². The highest BCUT2D eigenvalue weighted by Gasteiger charge is 2.42. The quantitative estimate of drug-likeness (QED) is 0.870. The van der Waals surface area contributed by atoms with Crippen LogP contribution in [-0.2, 0) is 16.6 Å². The molecule has 0 N–H and O–H groups in total. The molecule has 1 aliphatic heterocycles. The predicted molar refractivity (Wildman–Crippen MR) is 76.0 cm³/mol. The Hall–Kier alpha value is -1.39. The SMILES string of the molecule is CCc1nnc(C2(c3ccccc3Cl)CCOCC2)o1. The first kappa shape index (κ1) is 13.6. The summed E-state index contributed by atoms with van der Waals surface area (Å²) >= 11 is 6.41. The molecule has 1 aliphatic rings. The van der Waals surface area contributed by atoms with Crippen molar-refractivity contribution in [3.05, 3.63) is 46.6 Å². The molecule has 0 amide bonds. The summed E-state index contributed by atoms with van der Waals surface area (Å²) < 4.78 is 11.4. The molecule has 2 aromatic rings. The largest absolute Gasteiger partial charge is 0.424 e. The molecule has 1 fully saturated rings. The summed E-state index contributed by atoms with van der Waals surface area (Å²) in [6.45, 7) is 3.35. The Labute approximate surface area is 123 Å². The van der Waals surface area contributed by atoms with E-state index in [4.69, 9.17) is 20.8 Å². The van der Waals surface area contributed by atoms with Gasteiger partial charge in [-0.25, -0.2) is 0 Å². The van der Waals surface area contributed by atoms with Crippen LogP contribution in [0.4, 0.5) is 0 Å². The van der Waals surface area contributed by atoms with Crippen LogP contribution in [0.2, 0.25) is 5.02 Å². The van der Waals surface area contributed by atoms with Crippen molar-refractivity contribution in [2.24, 2.45) is 0 Å². The number of halogens is 1. The summed E-state index contributed by atoms with van der Waals surface area (Å²) in [4.78, 5) is 0. The number of nitrogens with zero attached hydrogens (tertiary/aromatic N) is 2. The number of aromatic nitrogens is 2. The van der Waals surface area contributed by atoms with E-state index in [1.165, 1.54) is 0 Å². The average Bonchev–Trinajstić information content (AvgIpc) is 2.98. The fourth-order valence-electron chi connectivity index (χ4n) is 2.76. The lowest BCUT2D eigenvalue weighted by Gasteiger charge is -2.35. The Morgan fingerprint density at radius 1 is 1.20 bits per heavy atom. The summed E-state index contributed by atoms with van der Waals surface area (Å²) in [7, 11) is 0. The average molecular weight is 293 g/mol. The van der Waals surface area contributed by atoms with Crippen LogP contribution in [-0.4, -0.2) is 23.4 Å². The number of hydrogen-bond acceptors (Lipinski definition) is 4. The Kier molecular flexibility index (Phi) is 3.76. The van der Waals surface area contributed by atoms with Crippen molar-refractivity contribution in [2.75, 3.05) is 13.2 Å². The molecule has 0 aliphatic carbocycles. The highest BCUT2D eigenvalue weighted by atomic mass is 35.5. The number of rotatable bonds is 3. The second-order valence-corrected chi connectivity index (χ2v) is 5.44. The van der Waals surface area contributed by atoms with E-state index in [0.29, 0.717) is 25.0 Å². The Morgan fingerprint density at radius 3 is 2.60 bits per heavy atom. The number of benzene rings is 1. The fourth-order valence-corrected chi connectivity index (χ4v) is 3.07. The van der Waals surface area contributed by atoms with E-state index in [9.17, 15) is 0 Å². The molecule has 0 saturated carbocycles. The third-order valence-corrected chi connectivity index (χ3v) is 4.24. The first-order chi connectivity index (χ1) is 9.76. The van der Waals surface area contributed by atoms with Gasteiger partial charge in [0.2, 0.25) is 11.8 Å². The maximum Gasteiger partial charge on any atom is 0.227 e. The molecule has 0 spiro atoms. The Morgan fingerprint density at radius 2 is 1.95 bits per heavy atom. The molecule has 0 radical (unpaired) electrons. The second kappa shape index (κ2) is 5.54. The summed E-state index contributed by atoms with van der Waals surface area (Å²) in [5, 5.41) is 9.12. The molecule has 0 bridgehead atoms. The molecular formula is C15H17ClN2O2. The van der Waals surface area contributed by atoms with Gasteiger partial charge in [-0.2, -0.15) is 0 Å². The molecule has 0 atom stereocenters. The minimum atomic E-state index is -0.322. The van der Waals surface area contributed by atoms with Gasteiger partial charge in [-0.05, 0) is 24.5 Å². The van der Waals surface area contributed by atoms with Crippen molar-refractivity contribution in [3.8, 4) is 0 Å². The summed E-state index contributed by atoms with van der Waals surface area (Å²) in [5.41, 5.74) is 0.730. The molecule has 4 nitrogen and oxygen atoms in total. The van der Waals surface area contributed by atoms with Gasteiger partial charge in [0.15, 0.2) is 0 Å². The van der Waals surface area contributed by atoms with Crippen LogP contribution in [0.3, 0.4) is 0 Å². The van der Waals surface area contributed by atoms with Gasteiger partial charge >= 0.3 is 0 Å². The van der Waals surface area contributed by atoms with Crippen molar-refractivity contribution < 1.29 is 9.15 Å². The zero-order valence-electron chi connectivity index (χ0n) is 11.4. The molecule has 1 aromatic carbocycles. The molecule has 106 valence electrons. The molecular weight excluding hydrogens is 276 g/mol. The number of ether oxygens (including phenoxy) is 1. The highest BCUT2D eigenvalue weighted by molar-refractivity contribution is 6.31. The topological polar surface area (TPSA) is 48.2 Å². The van der Waals surface area contributed by atoms with Gasteiger partial charge in [0, 0.05) is 24.7 Å². The van der Waals surface area contributed by atoms with Crippen LogP contribution in [0.1, 0.15) is 37.1 Å². The maximum atomic E-state index is 6.41. The van der Waals surface area contributed by atoms with Crippen molar-refractivity contribution in [2.45, 2.75) is 31.6 Å². The van der Waals surface area contributed by atoms with Crippen molar-refractivity contribution in [3.63, 3.8) is 0 Å². The van der Waals surface area contributed by atoms with Crippen LogP contribution in [0, 0.1) is 0 Å². The van der Waals surface area contributed by atoms with E-state index < -0.39 is 0 Å². The monoisotopic (exact) mass is 292 g/mol. The van der Waals surface area contributed by atoms with Crippen LogP contribution in [0.15, 0.2) is 28.7 Å². The van der Waals surface area contributed by atoms with Gasteiger partial charge in [-0.3, -0.25) is 0 Å². The minimum Gasteiger partial charge on any atom is -0.424 e. The maximum absolute atomic E-state index is 6.41. The van der Waals surface area contributed by atoms with Gasteiger partial charge in [0.1, 0.15) is 0 Å². The molecule has 20 heavy (non-hydrogen) atoms. The molecule has 5 heteroatoms. The lowest BCUT2D eigenvalue weighted by molar-refractivity contribution is 0.0541. The van der Waals surface area contributed by atoms with Crippen molar-refractivity contribution >= 4 is 11.6 Å². The van der Waals surface area contributed by atoms with Gasteiger partial charge in [-0.15, -0.1) is 10.2 Å². The third kappa shape index (κ3) is 2.23. The minimum absolute atomic E-state index is 0.322. The summed E-state index contributed by atoms with van der Waals surface area (Å²) in [6, 6.07) is 7.88. The van der Waals surface area contributed by atoms with E-state index in [1.54, 1.807) is 0 Å². The summed E-state index contributed by atoms with van der Waals surface area (Å²) in [5.74, 6) is 1.32. The zero-order chi connectivity index (χ0) is 14.0. The van der Waals surface area contributed by atoms with E-state index >= 15 is 0 Å². The van der Waals surface area contributed by atoms with Gasteiger partial charge in [-0.1, -0.05) is 36.7 Å². The van der Waals surface area contributed by atoms with Crippen molar-refractivity contribution in [1.29, 1.82) is 0 Å². The third-order valence-electron chi connectivity index (χ3n) is 3.91. The summed E-state index contributed by atoms with van der Waals surface area (Å²) in [6.07, 6.45) is 2.35. The normalized spacial score (nSPS) is 18.1. The zero-order valence-corrected chi connectivity index (χ0v) is 12.2. The van der Waals surface area contributed by atoms with Gasteiger partial charge < -0.3 is 9.15 Å². The fraction of sp³-hybridized carbons (Fsp3) is 0.467. The smallest absolute Gasteiger partial charge is 0.227 e. The molecule has 3 rings (SSSR count). The van der Waals surface area contributed by atoms with E-state index in [-0.39, 0.29) is 5.41 Å². The molecule has 2 heterocycles. The highest BCUT2D eigenvalue weighted by Crippen LogP contribution is 2.43. The lowest BCUT2D eigenvalue weighted by Crippen LogP contribution is -2.35. The standard InChI is InChI=1S/C15H17ClN2O2/c1-2-13-17-18-14(20-13)15(7-9-19-10-8-15)11-5-3-4-6-12(11)16/h3-6H,2,7-10H2,1H3. The molecule has 1 aromatic heterocycles. The lowest BCUT2D eigenvalue weighted by atomic mass is 9.74. The number of hydrogen-bond donors (Lipinski definition) is 0. The second-order valence-electron chi connectivity index (χ2n) is 5.03. The molecule has 1 saturated heterocycles. The first-order valence-electron chi connectivity index (χ1n) is 6.92. The van der Waals surface area contributed by atoms with Crippen LogP contribution in [0.5, 0.6) is 0 Å². The van der Waals surface area contributed by atoms with E-state index in [0.717, 1.165) is 29.8 Å². The van der Waals surface area contributed by atoms with E-state index in [2.05, 4.69) is 10.2 Å². The molecule has 0 unspecified atom stereocenters. The van der Waals surface area contributed by atoms with Gasteiger partial charge in [0.25, 0.3) is 0 Å². The predicted octanol–water partition coefficient (Wildman–Crippen LogP) is 3.38. The van der Waals surface area contributed by atoms with E-state index in [1.807, 2.05) is 31.2 Å². The Bertz CT molecular complexity index is 591. The Balaban J connectivity index is 2.11. The van der Waals surface area contributed by atoms with Crippen LogP contribution < -0.4 is 0 Å². The van der Waals surface area contributed by atoms with Gasteiger partial charge in [0.05, 0.1) is 5.41 Å².